The maximum absolute atomic E-state index is 2.41. The average Bonchev–Trinajstić information content (AvgIpc) is 2.43. The lowest BCUT2D eigenvalue weighted by Gasteiger charge is -2.27. The number of quaternary nitrogens is 1. The Morgan fingerprint density at radius 3 is 1.70 bits per heavy atom. The van der Waals surface area contributed by atoms with Crippen LogP contribution in [-0.2, 0) is 0 Å². The first kappa shape index (κ1) is 19.9. The van der Waals surface area contributed by atoms with Gasteiger partial charge < -0.3 is 9.60 Å². The highest BCUT2D eigenvalue weighted by molar-refractivity contribution is 4.56. The van der Waals surface area contributed by atoms with Crippen LogP contribution in [0.1, 0.15) is 90.9 Å². The summed E-state index contributed by atoms with van der Waals surface area (Å²) >= 11 is 0. The van der Waals surface area contributed by atoms with Crippen LogP contribution < -0.4 is 9.60 Å². The Morgan fingerprint density at radius 2 is 1.20 bits per heavy atom. The van der Waals surface area contributed by atoms with Crippen molar-refractivity contribution < 1.29 is 9.60 Å². The van der Waals surface area contributed by atoms with E-state index < -0.39 is 0 Å². The number of halogens is 1. The number of rotatable bonds is 11. The highest BCUT2D eigenvalue weighted by atomic mass is 19.0. The highest BCUT2D eigenvalue weighted by Gasteiger charge is 2.17. The van der Waals surface area contributed by atoms with Gasteiger partial charge in [-0.05, 0) is 31.6 Å². The summed E-state index contributed by atoms with van der Waals surface area (Å²) in [6.45, 7) is 9.04. The van der Waals surface area contributed by atoms with Gasteiger partial charge in [-0.25, -0.2) is 0 Å². The van der Waals surface area contributed by atoms with E-state index in [4.69, 9.17) is 0 Å². The van der Waals surface area contributed by atoms with Crippen molar-refractivity contribution >= 4 is 0 Å². The Balaban J connectivity index is 0.00000361. The molecule has 0 saturated carbocycles. The summed E-state index contributed by atoms with van der Waals surface area (Å²) in [5, 5.41) is 0. The lowest BCUT2D eigenvalue weighted by molar-refractivity contribution is -0.906. The lowest BCUT2D eigenvalue weighted by atomic mass is 9.99. The number of piperidine rings is 1. The van der Waals surface area contributed by atoms with E-state index in [-0.39, 0.29) is 4.70 Å². The molecule has 0 aliphatic carbocycles. The van der Waals surface area contributed by atoms with Gasteiger partial charge in [0.25, 0.3) is 0 Å². The summed E-state index contributed by atoms with van der Waals surface area (Å²) in [5.41, 5.74) is 0. The third-order valence-electron chi connectivity index (χ3n) is 4.87. The quantitative estimate of drug-likeness (QED) is 0.545. The number of hydrogen-bond donors (Lipinski definition) is 1. The molecule has 1 heterocycles. The predicted molar refractivity (Wildman–Crippen MR) is 85.8 cm³/mol. The monoisotopic (exact) mass is 287 g/mol. The molecule has 0 aromatic heterocycles. The second-order valence-electron chi connectivity index (χ2n) is 6.86. The number of hydrogen-bond acceptors (Lipinski definition) is 0. The van der Waals surface area contributed by atoms with E-state index in [0.29, 0.717) is 0 Å². The van der Waals surface area contributed by atoms with Crippen LogP contribution in [0.3, 0.4) is 0 Å². The fourth-order valence-corrected chi connectivity index (χ4v) is 3.28. The molecule has 2 heteroatoms. The second-order valence-corrected chi connectivity index (χ2v) is 6.86. The summed E-state index contributed by atoms with van der Waals surface area (Å²) < 4.78 is 0. The van der Waals surface area contributed by atoms with Crippen LogP contribution in [0.2, 0.25) is 0 Å². The Kier molecular flexibility index (Phi) is 13.8. The molecule has 1 N–H and O–H groups in total. The molecule has 0 amide bonds. The number of unbranched alkanes of at least 4 members (excludes halogenated alkanes) is 9. The molecule has 0 aromatic rings. The molecule has 1 aliphatic heterocycles. The molecular weight excluding hydrogens is 249 g/mol. The molecule has 1 aliphatic rings. The maximum atomic E-state index is 2.41. The molecular formula is C18H38FN. The van der Waals surface area contributed by atoms with Crippen molar-refractivity contribution in [1.82, 2.24) is 0 Å². The van der Waals surface area contributed by atoms with Gasteiger partial charge in [0.1, 0.15) is 0 Å². The molecule has 1 nitrogen and oxygen atoms in total. The Labute approximate surface area is 126 Å². The van der Waals surface area contributed by atoms with Crippen molar-refractivity contribution in [2.45, 2.75) is 90.9 Å². The zero-order valence-corrected chi connectivity index (χ0v) is 14.1. The predicted octanol–water partition coefficient (Wildman–Crippen LogP) is 1.23. The van der Waals surface area contributed by atoms with E-state index in [1.54, 1.807) is 0 Å². The van der Waals surface area contributed by atoms with E-state index >= 15 is 0 Å². The molecule has 1 fully saturated rings. The van der Waals surface area contributed by atoms with E-state index in [1.807, 2.05) is 4.90 Å². The van der Waals surface area contributed by atoms with Gasteiger partial charge in [-0.2, -0.15) is 0 Å². The van der Waals surface area contributed by atoms with Crippen LogP contribution in [-0.4, -0.2) is 19.6 Å². The van der Waals surface area contributed by atoms with E-state index in [9.17, 15) is 0 Å². The molecule has 122 valence electrons. The topological polar surface area (TPSA) is 4.44 Å². The van der Waals surface area contributed by atoms with Crippen LogP contribution in [0.5, 0.6) is 0 Å². The van der Waals surface area contributed by atoms with Crippen molar-refractivity contribution in [2.24, 2.45) is 5.92 Å². The van der Waals surface area contributed by atoms with Crippen LogP contribution in [0, 0.1) is 5.92 Å². The molecule has 0 aromatic carbocycles. The third-order valence-corrected chi connectivity index (χ3v) is 4.87. The van der Waals surface area contributed by atoms with E-state index in [1.165, 1.54) is 96.7 Å². The van der Waals surface area contributed by atoms with Gasteiger partial charge in [-0.15, -0.1) is 0 Å². The van der Waals surface area contributed by atoms with Gasteiger partial charge in [0.15, 0.2) is 0 Å². The van der Waals surface area contributed by atoms with Crippen molar-refractivity contribution in [3.8, 4) is 0 Å². The highest BCUT2D eigenvalue weighted by Crippen LogP contribution is 2.10. The first-order valence-electron chi connectivity index (χ1n) is 9.16. The van der Waals surface area contributed by atoms with Gasteiger partial charge in [0.05, 0.1) is 19.6 Å². The van der Waals surface area contributed by atoms with Crippen molar-refractivity contribution in [3.63, 3.8) is 0 Å². The van der Waals surface area contributed by atoms with E-state index in [2.05, 4.69) is 13.8 Å². The van der Waals surface area contributed by atoms with E-state index in [0.717, 1.165) is 5.92 Å². The van der Waals surface area contributed by atoms with Crippen molar-refractivity contribution in [1.29, 1.82) is 0 Å². The minimum atomic E-state index is 0. The summed E-state index contributed by atoms with van der Waals surface area (Å²) in [5.74, 6) is 0.997. The molecule has 0 radical (unpaired) electrons. The third kappa shape index (κ3) is 10.7. The minimum absolute atomic E-state index is 0. The van der Waals surface area contributed by atoms with Gasteiger partial charge in [-0.3, -0.25) is 0 Å². The summed E-state index contributed by atoms with van der Waals surface area (Å²) in [4.78, 5) is 1.89. The molecule has 0 unspecified atom stereocenters. The molecule has 0 atom stereocenters. The SMILES string of the molecule is CCCCCCCCCCCC[NH+]1CCC(C)CC1.[F-]. The first-order chi connectivity index (χ1) is 9.33. The van der Waals surface area contributed by atoms with Gasteiger partial charge in [0, 0.05) is 0 Å². The van der Waals surface area contributed by atoms with Crippen LogP contribution in [0.15, 0.2) is 0 Å². The fourth-order valence-electron chi connectivity index (χ4n) is 3.28. The largest absolute Gasteiger partial charge is 1.00 e. The van der Waals surface area contributed by atoms with Gasteiger partial charge in [-0.1, -0.05) is 65.2 Å². The van der Waals surface area contributed by atoms with Crippen LogP contribution in [0.25, 0.3) is 0 Å². The fraction of sp³-hybridized carbons (Fsp3) is 1.00. The molecule has 1 rings (SSSR count). The zero-order valence-electron chi connectivity index (χ0n) is 14.1. The lowest BCUT2D eigenvalue weighted by Crippen LogP contribution is -3.13. The van der Waals surface area contributed by atoms with Gasteiger partial charge in [0.2, 0.25) is 0 Å². The molecule has 1 saturated heterocycles. The summed E-state index contributed by atoms with van der Waals surface area (Å²) in [6, 6.07) is 0. The number of likely N-dealkylation sites (tertiary alicyclic amines) is 1. The number of nitrogens with one attached hydrogen (secondary N) is 1. The second kappa shape index (κ2) is 13.9. The van der Waals surface area contributed by atoms with Crippen LogP contribution in [0.4, 0.5) is 0 Å². The Morgan fingerprint density at radius 1 is 0.750 bits per heavy atom. The first-order valence-corrected chi connectivity index (χ1v) is 9.16. The Hall–Kier alpha value is -0.110. The normalized spacial score (nSPS) is 22.5. The molecule has 0 spiro atoms. The van der Waals surface area contributed by atoms with Crippen molar-refractivity contribution in [2.75, 3.05) is 19.6 Å². The summed E-state index contributed by atoms with van der Waals surface area (Å²) in [6.07, 6.45) is 17.6. The average molecular weight is 288 g/mol. The minimum Gasteiger partial charge on any atom is -1.00 e. The maximum Gasteiger partial charge on any atom is 0.0773 e. The molecule has 0 bridgehead atoms. The Bertz CT molecular complexity index is 188. The van der Waals surface area contributed by atoms with Gasteiger partial charge >= 0.3 is 0 Å². The standard InChI is InChI=1S/C18H37N.FH/c1-3-4-5-6-7-8-9-10-11-12-15-19-16-13-18(2)14-17-19;/h18H,3-17H2,1-2H3;1H. The zero-order chi connectivity index (χ0) is 13.8. The summed E-state index contributed by atoms with van der Waals surface area (Å²) in [7, 11) is 0. The molecule has 20 heavy (non-hydrogen) atoms. The smallest absolute Gasteiger partial charge is 0.0773 e. The van der Waals surface area contributed by atoms with Crippen molar-refractivity contribution in [3.05, 3.63) is 0 Å². The van der Waals surface area contributed by atoms with Crippen LogP contribution >= 0.6 is 0 Å².